The van der Waals surface area contributed by atoms with E-state index in [0.717, 1.165) is 26.0 Å². The van der Waals surface area contributed by atoms with Crippen molar-refractivity contribution in [3.63, 3.8) is 0 Å². The molecule has 122 valence electrons. The second kappa shape index (κ2) is 6.53. The molecule has 0 aromatic rings. The summed E-state index contributed by atoms with van der Waals surface area (Å²) in [6.07, 6.45) is 9.02. The molecule has 1 heterocycles. The number of hydrogen-bond donors (Lipinski definition) is 2. The van der Waals surface area contributed by atoms with Crippen LogP contribution >= 0.6 is 0 Å². The van der Waals surface area contributed by atoms with Gasteiger partial charge in [-0.05, 0) is 44.9 Å². The first-order valence-electron chi connectivity index (χ1n) is 8.89. The summed E-state index contributed by atoms with van der Waals surface area (Å²) >= 11 is 0. The number of aliphatic hydroxyl groups excluding tert-OH is 1. The Morgan fingerprint density at radius 1 is 1.29 bits per heavy atom. The van der Waals surface area contributed by atoms with E-state index in [4.69, 9.17) is 4.74 Å². The summed E-state index contributed by atoms with van der Waals surface area (Å²) in [7, 11) is 0. The number of hydrogen-bond acceptors (Lipinski definition) is 4. The van der Waals surface area contributed by atoms with Crippen LogP contribution in [0.1, 0.15) is 58.8 Å². The number of morpholine rings is 1. The van der Waals surface area contributed by atoms with Crippen LogP contribution in [0, 0.1) is 0 Å². The van der Waals surface area contributed by atoms with Gasteiger partial charge in [-0.3, -0.25) is 4.90 Å². The van der Waals surface area contributed by atoms with Crippen LogP contribution in [0.2, 0.25) is 0 Å². The quantitative estimate of drug-likeness (QED) is 0.832. The lowest BCUT2D eigenvalue weighted by Crippen LogP contribution is -2.61. The zero-order valence-corrected chi connectivity index (χ0v) is 13.7. The Morgan fingerprint density at radius 2 is 2.14 bits per heavy atom. The molecular weight excluding hydrogens is 264 g/mol. The van der Waals surface area contributed by atoms with Crippen LogP contribution in [-0.2, 0) is 4.74 Å². The van der Waals surface area contributed by atoms with E-state index in [1.807, 2.05) is 0 Å². The monoisotopic (exact) mass is 296 g/mol. The SMILES string of the molecule is CC(C)NC1(CO)CCCC(N2CCOC3CCCC32)C1. The highest BCUT2D eigenvalue weighted by Gasteiger charge is 2.44. The zero-order chi connectivity index (χ0) is 14.9. The maximum Gasteiger partial charge on any atom is 0.0731 e. The van der Waals surface area contributed by atoms with E-state index >= 15 is 0 Å². The number of fused-ring (bicyclic) bond motifs is 1. The van der Waals surface area contributed by atoms with Gasteiger partial charge in [0.15, 0.2) is 0 Å². The topological polar surface area (TPSA) is 44.7 Å². The second-order valence-corrected chi connectivity index (χ2v) is 7.63. The van der Waals surface area contributed by atoms with Crippen molar-refractivity contribution in [1.82, 2.24) is 10.2 Å². The zero-order valence-electron chi connectivity index (χ0n) is 13.7. The van der Waals surface area contributed by atoms with Crippen LogP contribution in [-0.4, -0.2) is 59.5 Å². The molecule has 1 saturated heterocycles. The lowest BCUT2D eigenvalue weighted by molar-refractivity contribution is -0.0846. The number of nitrogens with zero attached hydrogens (tertiary/aromatic N) is 1. The number of ether oxygens (including phenoxy) is 1. The molecule has 4 atom stereocenters. The molecule has 3 fully saturated rings. The summed E-state index contributed by atoms with van der Waals surface area (Å²) in [6, 6.07) is 1.68. The van der Waals surface area contributed by atoms with Gasteiger partial charge in [-0.25, -0.2) is 0 Å². The van der Waals surface area contributed by atoms with Crippen LogP contribution < -0.4 is 5.32 Å². The van der Waals surface area contributed by atoms with E-state index in [1.165, 1.54) is 32.1 Å². The Balaban J connectivity index is 1.69. The van der Waals surface area contributed by atoms with Crippen LogP contribution in [0.5, 0.6) is 0 Å². The predicted octanol–water partition coefficient (Wildman–Crippen LogP) is 1.91. The van der Waals surface area contributed by atoms with E-state index in [-0.39, 0.29) is 12.1 Å². The minimum atomic E-state index is -0.0660. The van der Waals surface area contributed by atoms with E-state index < -0.39 is 0 Å². The van der Waals surface area contributed by atoms with Crippen molar-refractivity contribution in [3.8, 4) is 0 Å². The van der Waals surface area contributed by atoms with Crippen molar-refractivity contribution in [1.29, 1.82) is 0 Å². The summed E-state index contributed by atoms with van der Waals surface area (Å²) in [5.41, 5.74) is -0.0660. The Kier molecular flexibility index (Phi) is 4.89. The first-order valence-corrected chi connectivity index (χ1v) is 8.89. The lowest BCUT2D eigenvalue weighted by Gasteiger charge is -2.49. The van der Waals surface area contributed by atoms with Crippen molar-refractivity contribution in [2.75, 3.05) is 19.8 Å². The Bertz CT molecular complexity index is 350. The third-order valence-electron chi connectivity index (χ3n) is 5.71. The molecule has 0 radical (unpaired) electrons. The largest absolute Gasteiger partial charge is 0.394 e. The highest BCUT2D eigenvalue weighted by Crippen LogP contribution is 2.37. The maximum absolute atomic E-state index is 9.99. The van der Waals surface area contributed by atoms with Gasteiger partial charge in [0.2, 0.25) is 0 Å². The molecule has 1 aliphatic heterocycles. The molecule has 0 aromatic heterocycles. The fourth-order valence-corrected chi connectivity index (χ4v) is 4.96. The van der Waals surface area contributed by atoms with Gasteiger partial charge in [-0.15, -0.1) is 0 Å². The molecule has 2 N–H and O–H groups in total. The summed E-state index contributed by atoms with van der Waals surface area (Å²) in [4.78, 5) is 2.73. The van der Waals surface area contributed by atoms with Gasteiger partial charge in [0.25, 0.3) is 0 Å². The summed E-state index contributed by atoms with van der Waals surface area (Å²) in [6.45, 7) is 6.60. The Labute approximate surface area is 129 Å². The summed E-state index contributed by atoms with van der Waals surface area (Å²) < 4.78 is 5.96. The molecule has 3 rings (SSSR count). The molecule has 3 aliphatic rings. The second-order valence-electron chi connectivity index (χ2n) is 7.63. The molecule has 4 unspecified atom stereocenters. The molecule has 2 aliphatic carbocycles. The van der Waals surface area contributed by atoms with Crippen molar-refractivity contribution in [2.45, 2.75) is 88.6 Å². The highest BCUT2D eigenvalue weighted by atomic mass is 16.5. The smallest absolute Gasteiger partial charge is 0.0731 e. The van der Waals surface area contributed by atoms with Crippen molar-refractivity contribution < 1.29 is 9.84 Å². The van der Waals surface area contributed by atoms with Gasteiger partial charge in [-0.2, -0.15) is 0 Å². The van der Waals surface area contributed by atoms with Crippen molar-refractivity contribution in [2.24, 2.45) is 0 Å². The van der Waals surface area contributed by atoms with E-state index in [2.05, 4.69) is 24.1 Å². The van der Waals surface area contributed by atoms with Gasteiger partial charge in [0.05, 0.1) is 19.3 Å². The molecule has 0 bridgehead atoms. The molecule has 0 aromatic carbocycles. The van der Waals surface area contributed by atoms with Crippen LogP contribution in [0.4, 0.5) is 0 Å². The average molecular weight is 296 g/mol. The number of aliphatic hydroxyl groups is 1. The van der Waals surface area contributed by atoms with Crippen molar-refractivity contribution >= 4 is 0 Å². The lowest BCUT2D eigenvalue weighted by atomic mass is 9.77. The van der Waals surface area contributed by atoms with Gasteiger partial charge in [0.1, 0.15) is 0 Å². The Morgan fingerprint density at radius 3 is 2.90 bits per heavy atom. The number of rotatable bonds is 4. The van der Waals surface area contributed by atoms with Gasteiger partial charge in [-0.1, -0.05) is 13.8 Å². The van der Waals surface area contributed by atoms with Crippen LogP contribution in [0.25, 0.3) is 0 Å². The summed E-state index contributed by atoms with van der Waals surface area (Å²) in [5.74, 6) is 0. The minimum Gasteiger partial charge on any atom is -0.394 e. The fraction of sp³-hybridized carbons (Fsp3) is 1.00. The van der Waals surface area contributed by atoms with Crippen molar-refractivity contribution in [3.05, 3.63) is 0 Å². The highest BCUT2D eigenvalue weighted by molar-refractivity contribution is 5.00. The van der Waals surface area contributed by atoms with Crippen LogP contribution in [0.15, 0.2) is 0 Å². The fourth-order valence-electron chi connectivity index (χ4n) is 4.96. The molecule has 4 heteroatoms. The third-order valence-corrected chi connectivity index (χ3v) is 5.71. The first-order chi connectivity index (χ1) is 10.1. The normalized spacial score (nSPS) is 41.4. The summed E-state index contributed by atoms with van der Waals surface area (Å²) in [5, 5.41) is 13.7. The minimum absolute atomic E-state index is 0.0660. The average Bonchev–Trinajstić information content (AvgIpc) is 2.95. The van der Waals surface area contributed by atoms with E-state index in [0.29, 0.717) is 24.2 Å². The Hall–Kier alpha value is -0.160. The predicted molar refractivity (Wildman–Crippen MR) is 84.4 cm³/mol. The van der Waals surface area contributed by atoms with Gasteiger partial charge < -0.3 is 15.2 Å². The van der Waals surface area contributed by atoms with Gasteiger partial charge in [0, 0.05) is 30.2 Å². The maximum atomic E-state index is 9.99. The van der Waals surface area contributed by atoms with E-state index in [1.54, 1.807) is 0 Å². The molecule has 2 saturated carbocycles. The van der Waals surface area contributed by atoms with Gasteiger partial charge >= 0.3 is 0 Å². The standard InChI is InChI=1S/C17H32N2O2/c1-13(2)18-17(12-20)8-4-5-14(11-17)19-9-10-21-16-7-3-6-15(16)19/h13-16,18,20H,3-12H2,1-2H3. The first kappa shape index (κ1) is 15.7. The van der Waals surface area contributed by atoms with E-state index in [9.17, 15) is 5.11 Å². The molecule has 0 amide bonds. The number of nitrogens with one attached hydrogen (secondary N) is 1. The molecule has 0 spiro atoms. The van der Waals surface area contributed by atoms with Crippen LogP contribution in [0.3, 0.4) is 0 Å². The molecule has 21 heavy (non-hydrogen) atoms. The molecule has 4 nitrogen and oxygen atoms in total. The third kappa shape index (κ3) is 3.29. The molecular formula is C17H32N2O2.